The summed E-state index contributed by atoms with van der Waals surface area (Å²) in [5.74, 6) is -0.123. The fourth-order valence-electron chi connectivity index (χ4n) is 1.15. The highest BCUT2D eigenvalue weighted by Gasteiger charge is 2.22. The first-order chi connectivity index (χ1) is 7.52. The van der Waals surface area contributed by atoms with Gasteiger partial charge in [-0.3, -0.25) is 4.79 Å². The van der Waals surface area contributed by atoms with Gasteiger partial charge in [0.15, 0.2) is 0 Å². The molecule has 0 N–H and O–H groups in total. The van der Waals surface area contributed by atoms with Gasteiger partial charge in [0.25, 0.3) is 0 Å². The number of ether oxygens (including phenoxy) is 1. The zero-order valence-corrected chi connectivity index (χ0v) is 12.6. The molecule has 0 aliphatic heterocycles. The molecule has 0 aliphatic rings. The number of likely N-dealkylation sites (N-methyl/N-ethyl adjacent to an activating group) is 1. The minimum atomic E-state index is -0.399. The molecule has 0 aliphatic carbocycles. The zero-order chi connectivity index (χ0) is 13.7. The molecule has 0 saturated heterocycles. The van der Waals surface area contributed by atoms with E-state index >= 15 is 0 Å². The summed E-state index contributed by atoms with van der Waals surface area (Å²) in [4.78, 5) is 13.7. The first-order valence-corrected chi connectivity index (χ1v) is 6.38. The van der Waals surface area contributed by atoms with Gasteiger partial charge in [-0.15, -0.1) is 0 Å². The van der Waals surface area contributed by atoms with Crippen molar-refractivity contribution >= 4 is 5.97 Å². The Morgan fingerprint density at radius 2 is 1.59 bits per heavy atom. The largest absolute Gasteiger partial charge is 0.464 e. The van der Waals surface area contributed by atoms with Crippen molar-refractivity contribution in [3.8, 4) is 0 Å². The number of hydrogen-bond acceptors (Lipinski definition) is 3. The molecule has 0 aromatic carbocycles. The average Bonchev–Trinajstić information content (AvgIpc) is 2.12. The summed E-state index contributed by atoms with van der Waals surface area (Å²) in [5.41, 5.74) is -0.0413. The van der Waals surface area contributed by atoms with Gasteiger partial charge in [0, 0.05) is 6.54 Å². The van der Waals surface area contributed by atoms with E-state index in [0.717, 1.165) is 19.5 Å². The lowest BCUT2D eigenvalue weighted by atomic mass is 9.92. The summed E-state index contributed by atoms with van der Waals surface area (Å²) < 4.78 is 5.23. The summed E-state index contributed by atoms with van der Waals surface area (Å²) in [6.07, 6.45) is 1.15. The van der Waals surface area contributed by atoms with Crippen molar-refractivity contribution in [3.05, 3.63) is 0 Å². The first-order valence-electron chi connectivity index (χ1n) is 6.38. The number of nitrogens with zero attached hydrogens (tertiary/aromatic N) is 1. The van der Waals surface area contributed by atoms with Gasteiger partial charge < -0.3 is 9.64 Å². The highest BCUT2D eigenvalue weighted by Crippen LogP contribution is 2.18. The normalized spacial score (nSPS) is 12.9. The van der Waals surface area contributed by atoms with Crippen molar-refractivity contribution in [3.63, 3.8) is 0 Å². The Kier molecular flexibility index (Phi) is 6.17. The summed E-state index contributed by atoms with van der Waals surface area (Å²) in [6.45, 7) is 14.7. The first kappa shape index (κ1) is 16.4. The monoisotopic (exact) mass is 243 g/mol. The number of carbonyl (C=O) groups excluding carboxylic acids is 1. The van der Waals surface area contributed by atoms with Gasteiger partial charge in [-0.05, 0) is 46.2 Å². The number of rotatable bonds is 5. The Hall–Kier alpha value is -0.570. The van der Waals surface area contributed by atoms with E-state index < -0.39 is 5.41 Å². The summed E-state index contributed by atoms with van der Waals surface area (Å²) >= 11 is 0. The van der Waals surface area contributed by atoms with E-state index in [4.69, 9.17) is 4.74 Å². The maximum Gasteiger partial charge on any atom is 0.311 e. The van der Waals surface area contributed by atoms with Crippen LogP contribution >= 0.6 is 0 Å². The van der Waals surface area contributed by atoms with Crippen molar-refractivity contribution < 1.29 is 9.53 Å². The van der Waals surface area contributed by atoms with Crippen LogP contribution in [0, 0.1) is 10.8 Å². The second-order valence-electron chi connectivity index (χ2n) is 7.00. The third-order valence-electron chi connectivity index (χ3n) is 2.56. The zero-order valence-electron chi connectivity index (χ0n) is 12.6. The van der Waals surface area contributed by atoms with Gasteiger partial charge in [-0.25, -0.2) is 0 Å². The van der Waals surface area contributed by atoms with E-state index in [1.165, 1.54) is 0 Å². The van der Waals surface area contributed by atoms with Gasteiger partial charge in [0.05, 0.1) is 5.41 Å². The van der Waals surface area contributed by atoms with E-state index in [2.05, 4.69) is 32.7 Å². The molecule has 102 valence electrons. The van der Waals surface area contributed by atoms with Crippen molar-refractivity contribution in [1.82, 2.24) is 4.90 Å². The molecule has 0 rings (SSSR count). The van der Waals surface area contributed by atoms with E-state index in [0.29, 0.717) is 12.0 Å². The fraction of sp³-hybridized carbons (Fsp3) is 0.929. The minimum absolute atomic E-state index is 0.123. The van der Waals surface area contributed by atoms with E-state index in [1.807, 2.05) is 20.8 Å². The third kappa shape index (κ3) is 9.16. The SMILES string of the molecule is CN(CCOC(=O)C(C)(C)C)CCC(C)(C)C. The van der Waals surface area contributed by atoms with Crippen molar-refractivity contribution in [2.45, 2.75) is 48.0 Å². The standard InChI is InChI=1S/C14H29NO2/c1-13(2,3)8-9-15(7)10-11-17-12(16)14(4,5)6/h8-11H2,1-7H3. The van der Waals surface area contributed by atoms with E-state index in [-0.39, 0.29) is 5.97 Å². The highest BCUT2D eigenvalue weighted by atomic mass is 16.5. The van der Waals surface area contributed by atoms with Crippen LogP contribution in [0.4, 0.5) is 0 Å². The highest BCUT2D eigenvalue weighted by molar-refractivity contribution is 5.75. The molecule has 0 saturated carbocycles. The van der Waals surface area contributed by atoms with Crippen LogP contribution in [0.3, 0.4) is 0 Å². The van der Waals surface area contributed by atoms with Crippen LogP contribution in [0.25, 0.3) is 0 Å². The smallest absolute Gasteiger partial charge is 0.311 e. The fourth-order valence-corrected chi connectivity index (χ4v) is 1.15. The lowest BCUT2D eigenvalue weighted by Gasteiger charge is -2.24. The summed E-state index contributed by atoms with van der Waals surface area (Å²) in [7, 11) is 2.07. The van der Waals surface area contributed by atoms with Crippen LogP contribution < -0.4 is 0 Å². The Labute approximate surface area is 107 Å². The van der Waals surface area contributed by atoms with Crippen molar-refractivity contribution in [1.29, 1.82) is 0 Å². The van der Waals surface area contributed by atoms with Gasteiger partial charge in [-0.1, -0.05) is 20.8 Å². The van der Waals surface area contributed by atoms with Crippen LogP contribution in [-0.4, -0.2) is 37.6 Å². The molecule has 0 aromatic rings. The molecule has 0 spiro atoms. The molecule has 0 atom stereocenters. The van der Waals surface area contributed by atoms with Crippen molar-refractivity contribution in [2.24, 2.45) is 10.8 Å². The molecule has 3 nitrogen and oxygen atoms in total. The third-order valence-corrected chi connectivity index (χ3v) is 2.56. The molecule has 0 aromatic heterocycles. The molecule has 3 heteroatoms. The lowest BCUT2D eigenvalue weighted by molar-refractivity contribution is -0.153. The number of hydrogen-bond donors (Lipinski definition) is 0. The number of esters is 1. The van der Waals surface area contributed by atoms with E-state index in [9.17, 15) is 4.79 Å². The predicted octanol–water partition coefficient (Wildman–Crippen LogP) is 2.94. The Bertz CT molecular complexity index is 236. The van der Waals surface area contributed by atoms with Crippen LogP contribution in [0.15, 0.2) is 0 Å². The maximum atomic E-state index is 11.5. The van der Waals surface area contributed by atoms with Gasteiger partial charge in [0.2, 0.25) is 0 Å². The van der Waals surface area contributed by atoms with E-state index in [1.54, 1.807) is 0 Å². The van der Waals surface area contributed by atoms with Gasteiger partial charge in [-0.2, -0.15) is 0 Å². The topological polar surface area (TPSA) is 29.5 Å². The molecule has 17 heavy (non-hydrogen) atoms. The van der Waals surface area contributed by atoms with Crippen LogP contribution in [0.5, 0.6) is 0 Å². The summed E-state index contributed by atoms with van der Waals surface area (Å²) in [6, 6.07) is 0. The number of carbonyl (C=O) groups is 1. The molecule has 0 radical (unpaired) electrons. The molecular weight excluding hydrogens is 214 g/mol. The Balaban J connectivity index is 3.72. The molecular formula is C14H29NO2. The predicted molar refractivity (Wildman–Crippen MR) is 72.0 cm³/mol. The minimum Gasteiger partial charge on any atom is -0.464 e. The Morgan fingerprint density at radius 3 is 2.00 bits per heavy atom. The molecule has 0 heterocycles. The average molecular weight is 243 g/mol. The van der Waals surface area contributed by atoms with Crippen LogP contribution in [0.1, 0.15) is 48.0 Å². The van der Waals surface area contributed by atoms with Crippen LogP contribution in [-0.2, 0) is 9.53 Å². The molecule has 0 amide bonds. The van der Waals surface area contributed by atoms with Crippen molar-refractivity contribution in [2.75, 3.05) is 26.7 Å². The lowest BCUT2D eigenvalue weighted by Crippen LogP contribution is -2.30. The summed E-state index contributed by atoms with van der Waals surface area (Å²) in [5, 5.41) is 0. The van der Waals surface area contributed by atoms with Gasteiger partial charge in [0.1, 0.15) is 6.61 Å². The molecule has 0 bridgehead atoms. The maximum absolute atomic E-state index is 11.5. The molecule has 0 unspecified atom stereocenters. The second kappa shape index (κ2) is 6.39. The van der Waals surface area contributed by atoms with Crippen LogP contribution in [0.2, 0.25) is 0 Å². The second-order valence-corrected chi connectivity index (χ2v) is 7.00. The quantitative estimate of drug-likeness (QED) is 0.695. The molecule has 0 fully saturated rings. The van der Waals surface area contributed by atoms with Gasteiger partial charge >= 0.3 is 5.97 Å². The Morgan fingerprint density at radius 1 is 1.06 bits per heavy atom.